The van der Waals surface area contributed by atoms with Crippen LogP contribution in [-0.2, 0) is 11.2 Å². The van der Waals surface area contributed by atoms with Gasteiger partial charge in [-0.3, -0.25) is 9.59 Å². The molecule has 0 aliphatic carbocycles. The predicted octanol–water partition coefficient (Wildman–Crippen LogP) is 3.84. The first kappa shape index (κ1) is 20.3. The summed E-state index contributed by atoms with van der Waals surface area (Å²) in [7, 11) is 0. The van der Waals surface area contributed by atoms with Crippen LogP contribution in [0.25, 0.3) is 0 Å². The Balaban J connectivity index is 1.45. The van der Waals surface area contributed by atoms with Gasteiger partial charge < -0.3 is 10.2 Å². The number of ketones is 1. The highest BCUT2D eigenvalue weighted by Gasteiger charge is 2.14. The molecule has 28 heavy (non-hydrogen) atoms. The molecule has 4 nitrogen and oxygen atoms in total. The highest BCUT2D eigenvalue weighted by Crippen LogP contribution is 2.16. The molecular formula is C24H30N2O2. The number of amides is 1. The summed E-state index contributed by atoms with van der Waals surface area (Å²) in [5.41, 5.74) is 2.29. The van der Waals surface area contributed by atoms with E-state index in [0.29, 0.717) is 24.0 Å². The summed E-state index contributed by atoms with van der Waals surface area (Å²) in [6.07, 6.45) is 5.92. The lowest BCUT2D eigenvalue weighted by molar-refractivity contribution is -0.121. The number of aryl methyl sites for hydroxylation is 1. The second-order valence-electron chi connectivity index (χ2n) is 7.46. The number of rotatable bonds is 9. The maximum Gasteiger partial charge on any atom is 0.220 e. The van der Waals surface area contributed by atoms with E-state index in [1.54, 1.807) is 0 Å². The first-order valence-electron chi connectivity index (χ1n) is 10.4. The Morgan fingerprint density at radius 2 is 1.61 bits per heavy atom. The number of hydrogen-bond acceptors (Lipinski definition) is 3. The van der Waals surface area contributed by atoms with Gasteiger partial charge in [-0.1, -0.05) is 61.0 Å². The van der Waals surface area contributed by atoms with Crippen molar-refractivity contribution in [2.24, 2.45) is 0 Å². The van der Waals surface area contributed by atoms with E-state index in [4.69, 9.17) is 0 Å². The van der Waals surface area contributed by atoms with Crippen LogP contribution in [0.15, 0.2) is 54.6 Å². The maximum atomic E-state index is 12.8. The highest BCUT2D eigenvalue weighted by molar-refractivity contribution is 6.09. The van der Waals surface area contributed by atoms with Crippen LogP contribution in [-0.4, -0.2) is 42.8 Å². The second-order valence-corrected chi connectivity index (χ2v) is 7.46. The van der Waals surface area contributed by atoms with Gasteiger partial charge in [0.2, 0.25) is 5.91 Å². The molecule has 4 heteroatoms. The molecule has 2 aromatic rings. The van der Waals surface area contributed by atoms with Crippen LogP contribution in [0.1, 0.15) is 53.6 Å². The van der Waals surface area contributed by atoms with Crippen molar-refractivity contribution in [3.05, 3.63) is 71.3 Å². The summed E-state index contributed by atoms with van der Waals surface area (Å²) < 4.78 is 0. The lowest BCUT2D eigenvalue weighted by Gasteiger charge is -2.26. The fourth-order valence-electron chi connectivity index (χ4n) is 3.75. The molecule has 3 rings (SSSR count). The Morgan fingerprint density at radius 3 is 2.39 bits per heavy atom. The third-order valence-electron chi connectivity index (χ3n) is 5.34. The van der Waals surface area contributed by atoms with Crippen molar-refractivity contribution >= 4 is 11.7 Å². The Bertz CT molecular complexity index is 767. The Labute approximate surface area is 167 Å². The number of nitrogens with zero attached hydrogens (tertiary/aromatic N) is 1. The minimum absolute atomic E-state index is 0.0122. The van der Waals surface area contributed by atoms with Crippen molar-refractivity contribution in [3.63, 3.8) is 0 Å². The van der Waals surface area contributed by atoms with Gasteiger partial charge in [0.1, 0.15) is 0 Å². The van der Waals surface area contributed by atoms with E-state index >= 15 is 0 Å². The quantitative estimate of drug-likeness (QED) is 0.533. The van der Waals surface area contributed by atoms with E-state index in [1.807, 2.05) is 54.6 Å². The Hall–Kier alpha value is -2.46. The first-order chi connectivity index (χ1) is 13.7. The largest absolute Gasteiger partial charge is 0.356 e. The summed E-state index contributed by atoms with van der Waals surface area (Å²) in [6, 6.07) is 16.9. The number of benzene rings is 2. The zero-order chi connectivity index (χ0) is 19.6. The van der Waals surface area contributed by atoms with E-state index < -0.39 is 0 Å². The van der Waals surface area contributed by atoms with Gasteiger partial charge in [0.05, 0.1) is 0 Å². The normalized spacial score (nSPS) is 14.6. The Kier molecular flexibility index (Phi) is 7.80. The standard InChI is InChI=1S/C24H30N2O2/c27-23(25-16-9-19-26-17-7-2-8-18-26)15-14-20-10-5-6-13-22(20)24(28)21-11-3-1-4-12-21/h1,3-6,10-13H,2,7-9,14-19H2,(H,25,27). The summed E-state index contributed by atoms with van der Waals surface area (Å²) in [5, 5.41) is 3.02. The third kappa shape index (κ3) is 6.03. The predicted molar refractivity (Wildman–Crippen MR) is 113 cm³/mol. The van der Waals surface area contributed by atoms with Gasteiger partial charge in [-0.2, -0.15) is 0 Å². The van der Waals surface area contributed by atoms with Gasteiger partial charge in [-0.15, -0.1) is 0 Å². The molecule has 1 saturated heterocycles. The molecule has 0 bridgehead atoms. The smallest absolute Gasteiger partial charge is 0.220 e. The lowest BCUT2D eigenvalue weighted by atomic mass is 9.96. The van der Waals surface area contributed by atoms with Gasteiger partial charge in [-0.25, -0.2) is 0 Å². The molecule has 1 aliphatic heterocycles. The zero-order valence-electron chi connectivity index (χ0n) is 16.5. The van der Waals surface area contributed by atoms with Crippen LogP contribution in [0.3, 0.4) is 0 Å². The molecule has 0 spiro atoms. The molecular weight excluding hydrogens is 348 g/mol. The van der Waals surface area contributed by atoms with Crippen LogP contribution in [0.5, 0.6) is 0 Å². The molecule has 0 atom stereocenters. The number of nitrogens with one attached hydrogen (secondary N) is 1. The van der Waals surface area contributed by atoms with E-state index in [1.165, 1.54) is 32.4 Å². The molecule has 1 amide bonds. The molecule has 2 aromatic carbocycles. The zero-order valence-corrected chi connectivity index (χ0v) is 16.5. The molecule has 0 unspecified atom stereocenters. The van der Waals surface area contributed by atoms with Crippen LogP contribution >= 0.6 is 0 Å². The highest BCUT2D eigenvalue weighted by atomic mass is 16.1. The fraction of sp³-hybridized carbons (Fsp3) is 0.417. The number of carbonyl (C=O) groups is 2. The monoisotopic (exact) mass is 378 g/mol. The van der Waals surface area contributed by atoms with Crippen LogP contribution in [0.2, 0.25) is 0 Å². The SMILES string of the molecule is O=C(CCc1ccccc1C(=O)c1ccccc1)NCCCN1CCCCC1. The molecule has 0 radical (unpaired) electrons. The van der Waals surface area contributed by atoms with E-state index in [9.17, 15) is 9.59 Å². The van der Waals surface area contributed by atoms with Gasteiger partial charge in [-0.05, 0) is 50.9 Å². The van der Waals surface area contributed by atoms with E-state index in [-0.39, 0.29) is 11.7 Å². The van der Waals surface area contributed by atoms with Gasteiger partial charge in [0.15, 0.2) is 5.78 Å². The summed E-state index contributed by atoms with van der Waals surface area (Å²) >= 11 is 0. The molecule has 0 saturated carbocycles. The molecule has 1 heterocycles. The molecule has 0 aromatic heterocycles. The van der Waals surface area contributed by atoms with Crippen molar-refractivity contribution < 1.29 is 9.59 Å². The van der Waals surface area contributed by atoms with Gasteiger partial charge >= 0.3 is 0 Å². The van der Waals surface area contributed by atoms with Crippen molar-refractivity contribution in [2.45, 2.75) is 38.5 Å². The van der Waals surface area contributed by atoms with Crippen molar-refractivity contribution in [1.29, 1.82) is 0 Å². The van der Waals surface area contributed by atoms with E-state index in [0.717, 1.165) is 25.1 Å². The topological polar surface area (TPSA) is 49.4 Å². The molecule has 1 fully saturated rings. The number of carbonyl (C=O) groups excluding carboxylic acids is 2. The van der Waals surface area contributed by atoms with Crippen LogP contribution in [0, 0.1) is 0 Å². The van der Waals surface area contributed by atoms with Crippen molar-refractivity contribution in [3.8, 4) is 0 Å². The minimum Gasteiger partial charge on any atom is -0.356 e. The molecule has 148 valence electrons. The number of likely N-dealkylation sites (tertiary alicyclic amines) is 1. The number of hydrogen-bond donors (Lipinski definition) is 1. The summed E-state index contributed by atoms with van der Waals surface area (Å²) in [6.45, 7) is 4.18. The summed E-state index contributed by atoms with van der Waals surface area (Å²) in [5.74, 6) is 0.0683. The average molecular weight is 379 g/mol. The van der Waals surface area contributed by atoms with Crippen LogP contribution < -0.4 is 5.32 Å². The Morgan fingerprint density at radius 1 is 0.893 bits per heavy atom. The minimum atomic E-state index is 0.0122. The van der Waals surface area contributed by atoms with Crippen molar-refractivity contribution in [1.82, 2.24) is 10.2 Å². The van der Waals surface area contributed by atoms with Crippen molar-refractivity contribution in [2.75, 3.05) is 26.2 Å². The molecule has 1 aliphatic rings. The average Bonchev–Trinajstić information content (AvgIpc) is 2.76. The maximum absolute atomic E-state index is 12.8. The van der Waals surface area contributed by atoms with Gasteiger partial charge in [0, 0.05) is 24.1 Å². The first-order valence-corrected chi connectivity index (χ1v) is 10.4. The fourth-order valence-corrected chi connectivity index (χ4v) is 3.75. The van der Waals surface area contributed by atoms with Crippen LogP contribution in [0.4, 0.5) is 0 Å². The molecule has 1 N–H and O–H groups in total. The van der Waals surface area contributed by atoms with E-state index in [2.05, 4.69) is 10.2 Å². The van der Waals surface area contributed by atoms with Gasteiger partial charge in [0.25, 0.3) is 0 Å². The second kappa shape index (κ2) is 10.8. The lowest BCUT2D eigenvalue weighted by Crippen LogP contribution is -2.33. The number of piperidine rings is 1. The third-order valence-corrected chi connectivity index (χ3v) is 5.34. The summed E-state index contributed by atoms with van der Waals surface area (Å²) in [4.78, 5) is 27.5.